The number of carbonyl (C=O) groups is 1. The van der Waals surface area contributed by atoms with Gasteiger partial charge in [0.1, 0.15) is 21.5 Å². The molecule has 1 aromatic carbocycles. The standard InChI is InChI=1S/C26H26N4O4S2/c1-16-5-3-11-29-23(16)28-22(27-14-19-6-4-12-34-19)20(24(29)31)13-21-25(32)30(26(35)36-21)15-17-7-9-18(33-2)10-8-17/h3,5,7-11,13,19,27H,4,6,12,14-15H2,1-2H3/b21-13-/t19-/m1/s1. The molecule has 4 heterocycles. The number of rotatable bonds is 7. The van der Waals surface area contributed by atoms with Crippen LogP contribution in [0.1, 0.15) is 29.5 Å². The predicted molar refractivity (Wildman–Crippen MR) is 145 cm³/mol. The van der Waals surface area contributed by atoms with E-state index in [0.717, 1.165) is 36.3 Å². The maximum absolute atomic E-state index is 13.5. The Bertz CT molecular complexity index is 1410. The molecule has 3 aromatic rings. The number of thioether (sulfide) groups is 1. The molecule has 8 nitrogen and oxygen atoms in total. The smallest absolute Gasteiger partial charge is 0.267 e. The van der Waals surface area contributed by atoms with E-state index < -0.39 is 0 Å². The van der Waals surface area contributed by atoms with E-state index in [9.17, 15) is 9.59 Å². The van der Waals surface area contributed by atoms with E-state index in [4.69, 9.17) is 26.7 Å². The number of fused-ring (bicyclic) bond motifs is 1. The van der Waals surface area contributed by atoms with E-state index in [-0.39, 0.29) is 17.6 Å². The van der Waals surface area contributed by atoms with Crippen molar-refractivity contribution < 1.29 is 14.3 Å². The molecule has 0 spiro atoms. The Labute approximate surface area is 218 Å². The molecule has 1 amide bonds. The van der Waals surface area contributed by atoms with Gasteiger partial charge in [-0.05, 0) is 55.2 Å². The summed E-state index contributed by atoms with van der Waals surface area (Å²) in [6.07, 6.45) is 5.33. The number of methoxy groups -OCH3 is 1. The molecule has 0 unspecified atom stereocenters. The van der Waals surface area contributed by atoms with Gasteiger partial charge in [-0.25, -0.2) is 4.98 Å². The molecular formula is C26H26N4O4S2. The summed E-state index contributed by atoms with van der Waals surface area (Å²) in [5, 5.41) is 3.30. The first-order valence-corrected chi connectivity index (χ1v) is 12.9. The van der Waals surface area contributed by atoms with Crippen LogP contribution < -0.4 is 15.6 Å². The summed E-state index contributed by atoms with van der Waals surface area (Å²) >= 11 is 6.70. The van der Waals surface area contributed by atoms with Crippen molar-refractivity contribution >= 4 is 51.7 Å². The average Bonchev–Trinajstić information content (AvgIpc) is 3.49. The fraction of sp³-hybridized carbons (Fsp3) is 0.308. The summed E-state index contributed by atoms with van der Waals surface area (Å²) in [4.78, 5) is 33.5. The Balaban J connectivity index is 1.48. The Morgan fingerprint density at radius 2 is 2.08 bits per heavy atom. The fourth-order valence-electron chi connectivity index (χ4n) is 4.27. The van der Waals surface area contributed by atoms with Crippen molar-refractivity contribution in [3.8, 4) is 5.75 Å². The summed E-state index contributed by atoms with van der Waals surface area (Å²) in [5.74, 6) is 0.941. The molecule has 1 atom stereocenters. The Morgan fingerprint density at radius 3 is 2.81 bits per heavy atom. The van der Waals surface area contributed by atoms with Crippen LogP contribution in [0, 0.1) is 6.92 Å². The summed E-state index contributed by atoms with van der Waals surface area (Å²) in [6.45, 7) is 3.52. The first-order chi connectivity index (χ1) is 17.4. The van der Waals surface area contributed by atoms with Crippen molar-refractivity contribution in [2.24, 2.45) is 0 Å². The van der Waals surface area contributed by atoms with E-state index in [1.165, 1.54) is 16.2 Å². The zero-order chi connectivity index (χ0) is 25.2. The number of carbonyl (C=O) groups excluding carboxylic acids is 1. The number of aryl methyl sites for hydroxylation is 1. The minimum Gasteiger partial charge on any atom is -0.497 e. The van der Waals surface area contributed by atoms with Crippen molar-refractivity contribution in [2.75, 3.05) is 25.6 Å². The molecule has 10 heteroatoms. The van der Waals surface area contributed by atoms with Gasteiger partial charge >= 0.3 is 0 Å². The molecule has 0 radical (unpaired) electrons. The van der Waals surface area contributed by atoms with Crippen LogP contribution in [0.15, 0.2) is 52.3 Å². The molecule has 0 bridgehead atoms. The number of benzene rings is 1. The van der Waals surface area contributed by atoms with E-state index in [1.807, 2.05) is 43.3 Å². The minimum absolute atomic E-state index is 0.0673. The summed E-state index contributed by atoms with van der Waals surface area (Å²) in [7, 11) is 1.61. The Hall–Kier alpha value is -3.21. The van der Waals surface area contributed by atoms with Crippen LogP contribution in [0.25, 0.3) is 11.7 Å². The third-order valence-corrected chi connectivity index (χ3v) is 7.63. The molecule has 2 fully saturated rings. The maximum atomic E-state index is 13.5. The minimum atomic E-state index is -0.251. The quantitative estimate of drug-likeness (QED) is 0.368. The molecular weight excluding hydrogens is 496 g/mol. The second-order valence-corrected chi connectivity index (χ2v) is 10.4. The lowest BCUT2D eigenvalue weighted by molar-refractivity contribution is -0.122. The van der Waals surface area contributed by atoms with Gasteiger partial charge in [-0.1, -0.05) is 42.2 Å². The SMILES string of the molecule is COc1ccc(CN2C(=O)/C(=C/c3c(NC[C@H]4CCCO4)nc4c(C)cccn4c3=O)SC2=S)cc1. The van der Waals surface area contributed by atoms with Crippen molar-refractivity contribution in [3.63, 3.8) is 0 Å². The van der Waals surface area contributed by atoms with Gasteiger partial charge in [0.15, 0.2) is 0 Å². The van der Waals surface area contributed by atoms with Crippen LogP contribution >= 0.6 is 24.0 Å². The largest absolute Gasteiger partial charge is 0.497 e. The number of pyridine rings is 1. The summed E-state index contributed by atoms with van der Waals surface area (Å²) in [5.41, 5.74) is 2.45. The van der Waals surface area contributed by atoms with Gasteiger partial charge in [-0.2, -0.15) is 0 Å². The van der Waals surface area contributed by atoms with Gasteiger partial charge in [0.2, 0.25) is 0 Å². The number of amides is 1. The number of hydrogen-bond donors (Lipinski definition) is 1. The van der Waals surface area contributed by atoms with Crippen molar-refractivity contribution in [1.82, 2.24) is 14.3 Å². The highest BCUT2D eigenvalue weighted by Crippen LogP contribution is 2.34. The number of nitrogens with one attached hydrogen (secondary N) is 1. The number of anilines is 1. The Morgan fingerprint density at radius 1 is 1.28 bits per heavy atom. The Kier molecular flexibility index (Phi) is 7.08. The maximum Gasteiger partial charge on any atom is 0.267 e. The van der Waals surface area contributed by atoms with E-state index >= 15 is 0 Å². The fourth-order valence-corrected chi connectivity index (χ4v) is 5.51. The summed E-state index contributed by atoms with van der Waals surface area (Å²) < 4.78 is 12.9. The lowest BCUT2D eigenvalue weighted by Gasteiger charge is -2.15. The molecule has 186 valence electrons. The van der Waals surface area contributed by atoms with Gasteiger partial charge in [0, 0.05) is 19.3 Å². The highest BCUT2D eigenvalue weighted by Gasteiger charge is 2.33. The van der Waals surface area contributed by atoms with Gasteiger partial charge in [-0.3, -0.25) is 18.9 Å². The molecule has 2 saturated heterocycles. The van der Waals surface area contributed by atoms with Crippen LogP contribution in [0.5, 0.6) is 5.75 Å². The normalized spacial score (nSPS) is 19.0. The lowest BCUT2D eigenvalue weighted by Crippen LogP contribution is -2.27. The van der Waals surface area contributed by atoms with E-state index in [2.05, 4.69) is 5.32 Å². The number of thiocarbonyl (C=S) groups is 1. The van der Waals surface area contributed by atoms with Crippen molar-refractivity contribution in [3.05, 3.63) is 74.5 Å². The first-order valence-electron chi connectivity index (χ1n) is 11.7. The zero-order valence-corrected chi connectivity index (χ0v) is 21.7. The molecule has 2 aromatic heterocycles. The molecule has 0 aliphatic carbocycles. The second kappa shape index (κ2) is 10.4. The predicted octanol–water partition coefficient (Wildman–Crippen LogP) is 4.00. The van der Waals surface area contributed by atoms with Crippen molar-refractivity contribution in [1.29, 1.82) is 0 Å². The summed E-state index contributed by atoms with van der Waals surface area (Å²) in [6, 6.07) is 11.2. The monoisotopic (exact) mass is 522 g/mol. The molecule has 0 saturated carbocycles. The molecule has 2 aliphatic rings. The first kappa shape index (κ1) is 24.5. The molecule has 2 aliphatic heterocycles. The van der Waals surface area contributed by atoms with Gasteiger partial charge in [0.05, 0.1) is 30.2 Å². The topological polar surface area (TPSA) is 85.2 Å². The third-order valence-electron chi connectivity index (χ3n) is 6.25. The number of aromatic nitrogens is 2. The number of ether oxygens (including phenoxy) is 2. The second-order valence-electron chi connectivity index (χ2n) is 8.70. The highest BCUT2D eigenvalue weighted by molar-refractivity contribution is 8.26. The van der Waals surface area contributed by atoms with Gasteiger partial charge < -0.3 is 14.8 Å². The zero-order valence-electron chi connectivity index (χ0n) is 20.0. The van der Waals surface area contributed by atoms with Crippen molar-refractivity contribution in [2.45, 2.75) is 32.4 Å². The molecule has 1 N–H and O–H groups in total. The molecule has 36 heavy (non-hydrogen) atoms. The average molecular weight is 523 g/mol. The van der Waals surface area contributed by atoms with E-state index in [0.29, 0.717) is 39.3 Å². The number of nitrogens with zero attached hydrogens (tertiary/aromatic N) is 3. The van der Waals surface area contributed by atoms with Crippen LogP contribution in [-0.4, -0.2) is 50.9 Å². The van der Waals surface area contributed by atoms with Gasteiger partial charge in [0.25, 0.3) is 11.5 Å². The third kappa shape index (κ3) is 4.88. The van der Waals surface area contributed by atoms with Crippen LogP contribution in [0.4, 0.5) is 5.82 Å². The van der Waals surface area contributed by atoms with Crippen LogP contribution in [0.3, 0.4) is 0 Å². The van der Waals surface area contributed by atoms with Gasteiger partial charge in [-0.15, -0.1) is 0 Å². The number of hydrogen-bond acceptors (Lipinski definition) is 8. The lowest BCUT2D eigenvalue weighted by atomic mass is 10.2. The molecule has 5 rings (SSSR count). The van der Waals surface area contributed by atoms with Crippen LogP contribution in [0.2, 0.25) is 0 Å². The van der Waals surface area contributed by atoms with E-state index in [1.54, 1.807) is 24.3 Å². The van der Waals surface area contributed by atoms with Crippen LogP contribution in [-0.2, 0) is 16.1 Å². The highest BCUT2D eigenvalue weighted by atomic mass is 32.2.